The van der Waals surface area contributed by atoms with E-state index in [1.54, 1.807) is 6.33 Å². The minimum atomic E-state index is -0.107. The van der Waals surface area contributed by atoms with E-state index in [1.807, 2.05) is 6.07 Å². The van der Waals surface area contributed by atoms with Gasteiger partial charge >= 0.3 is 0 Å². The van der Waals surface area contributed by atoms with E-state index >= 15 is 0 Å². The molecule has 3 atom stereocenters. The second-order valence-electron chi connectivity index (χ2n) is 7.49. The van der Waals surface area contributed by atoms with Gasteiger partial charge in [-0.1, -0.05) is 33.5 Å². The van der Waals surface area contributed by atoms with E-state index in [1.165, 1.54) is 0 Å². The summed E-state index contributed by atoms with van der Waals surface area (Å²) in [7, 11) is 0. The molecular weight excluding hydrogens is 573 g/mol. The molecule has 3 aromatic rings. The molecule has 1 radical (unpaired) electrons. The van der Waals surface area contributed by atoms with Crippen LogP contribution in [0.25, 0.3) is 28.6 Å². The van der Waals surface area contributed by atoms with Crippen molar-refractivity contribution >= 4 is 28.6 Å². The number of nitrogens with one attached hydrogen (secondary N) is 1. The van der Waals surface area contributed by atoms with E-state index in [-0.39, 0.29) is 71.5 Å². The summed E-state index contributed by atoms with van der Waals surface area (Å²) in [6.45, 7) is 16.9. The standard InChI is InChI=1S/C19H23N4O.W.Y/c1-10-7-11(2)22-16-15-14(10)8-23(17(15)21-9-20-16)18-19(5,6)12(3)13(4)24-18;;/h7-9,12-13,18H,2,4H2,1,3,5-6H3,(H,20,21,22);;/q-1;;/t12-,13+,18+;;/m0../s1. The molecule has 5 nitrogen and oxygen atoms in total. The third kappa shape index (κ3) is 3.19. The van der Waals surface area contributed by atoms with Crippen LogP contribution in [0.15, 0.2) is 18.6 Å². The van der Waals surface area contributed by atoms with Crippen molar-refractivity contribution in [1.82, 2.24) is 19.5 Å². The molecular formula is C19H23N4OWY-. The Morgan fingerprint density at radius 1 is 1.35 bits per heavy atom. The smallest absolute Gasteiger partial charge is 0.148 e. The van der Waals surface area contributed by atoms with E-state index in [0.29, 0.717) is 5.92 Å². The number of hydrogen-bond acceptors (Lipinski definition) is 3. The van der Waals surface area contributed by atoms with E-state index in [4.69, 9.17) is 4.74 Å². The van der Waals surface area contributed by atoms with Gasteiger partial charge in [-0.15, -0.1) is 0 Å². The second kappa shape index (κ2) is 7.58. The molecule has 0 aromatic carbocycles. The van der Waals surface area contributed by atoms with Crippen molar-refractivity contribution in [2.45, 2.75) is 40.0 Å². The van der Waals surface area contributed by atoms with Gasteiger partial charge in [0.25, 0.3) is 0 Å². The Kier molecular flexibility index (Phi) is 6.40. The molecule has 0 unspecified atom stereocenters. The van der Waals surface area contributed by atoms with Crippen molar-refractivity contribution in [3.8, 4) is 0 Å². The van der Waals surface area contributed by atoms with Gasteiger partial charge in [-0.25, -0.2) is 9.97 Å². The first-order valence-corrected chi connectivity index (χ1v) is 8.29. The van der Waals surface area contributed by atoms with Gasteiger partial charge < -0.3 is 21.2 Å². The number of nitrogens with zero attached hydrogens (tertiary/aromatic N) is 3. The van der Waals surface area contributed by atoms with Crippen molar-refractivity contribution in [3.63, 3.8) is 0 Å². The topological polar surface area (TPSA) is 55.7 Å². The van der Waals surface area contributed by atoms with Crippen LogP contribution in [0.5, 0.6) is 0 Å². The maximum absolute atomic E-state index is 6.22. The molecule has 1 N–H and O–H groups in total. The molecule has 7 heteroatoms. The number of H-pyrrole nitrogens is 1. The molecule has 1 aliphatic heterocycles. The normalized spacial score (nSPS) is 24.4. The number of aryl methyl sites for hydroxylation is 1. The van der Waals surface area contributed by atoms with Crippen LogP contribution in [0, 0.1) is 25.2 Å². The van der Waals surface area contributed by atoms with E-state index in [2.05, 4.69) is 66.9 Å². The first-order valence-electron chi connectivity index (χ1n) is 8.29. The zero-order valence-electron chi connectivity index (χ0n) is 15.6. The Morgan fingerprint density at radius 2 is 2.04 bits per heavy atom. The van der Waals surface area contributed by atoms with E-state index in [0.717, 1.165) is 33.0 Å². The van der Waals surface area contributed by atoms with Crippen LogP contribution in [-0.2, 0) is 58.5 Å². The Balaban J connectivity index is 0.00000121. The summed E-state index contributed by atoms with van der Waals surface area (Å²) < 4.78 is 8.37. The van der Waals surface area contributed by atoms with Gasteiger partial charge in [-0.2, -0.15) is 0 Å². The average molecular weight is 596 g/mol. The molecule has 0 aliphatic carbocycles. The van der Waals surface area contributed by atoms with Gasteiger partial charge in [0.2, 0.25) is 0 Å². The third-order valence-electron chi connectivity index (χ3n) is 5.63. The molecule has 1 saturated heterocycles. The predicted octanol–water partition coefficient (Wildman–Crippen LogP) is 3.30. The number of hydrogen-bond donors (Lipinski definition) is 1. The molecule has 3 aromatic heterocycles. The zero-order chi connectivity index (χ0) is 17.2. The second-order valence-corrected chi connectivity index (χ2v) is 7.49. The minimum absolute atomic E-state index is 0. The molecule has 26 heavy (non-hydrogen) atoms. The number of ether oxygens (including phenoxy) is 1. The van der Waals surface area contributed by atoms with Crippen LogP contribution in [0.3, 0.4) is 0 Å². The van der Waals surface area contributed by atoms with Crippen molar-refractivity contribution in [3.05, 3.63) is 36.4 Å². The summed E-state index contributed by atoms with van der Waals surface area (Å²) >= 11 is 0. The number of aromatic nitrogens is 4. The van der Waals surface area contributed by atoms with Crippen molar-refractivity contribution < 1.29 is 58.5 Å². The zero-order valence-corrected chi connectivity index (χ0v) is 21.4. The van der Waals surface area contributed by atoms with Crippen LogP contribution in [0.2, 0.25) is 0 Å². The summed E-state index contributed by atoms with van der Waals surface area (Å²) in [6, 6.07) is 2.04. The quantitative estimate of drug-likeness (QED) is 0.440. The first-order chi connectivity index (χ1) is 11.3. The first kappa shape index (κ1) is 21.9. The number of rotatable bonds is 1. The van der Waals surface area contributed by atoms with Crippen LogP contribution < -0.4 is 5.35 Å². The van der Waals surface area contributed by atoms with Gasteiger partial charge in [0.15, 0.2) is 0 Å². The fourth-order valence-corrected chi connectivity index (χ4v) is 3.77. The van der Waals surface area contributed by atoms with Gasteiger partial charge in [-0.3, -0.25) is 0 Å². The maximum atomic E-state index is 6.22. The van der Waals surface area contributed by atoms with Crippen LogP contribution in [0.1, 0.15) is 32.6 Å². The third-order valence-corrected chi connectivity index (χ3v) is 5.63. The molecule has 0 spiro atoms. The summed E-state index contributed by atoms with van der Waals surface area (Å²) in [5.74, 6) is 0.354. The van der Waals surface area contributed by atoms with E-state index < -0.39 is 0 Å². The van der Waals surface area contributed by atoms with Gasteiger partial charge in [0.1, 0.15) is 23.8 Å². The Morgan fingerprint density at radius 3 is 2.65 bits per heavy atom. The summed E-state index contributed by atoms with van der Waals surface area (Å²) in [4.78, 5) is 12.2. The molecule has 0 amide bonds. The maximum Gasteiger partial charge on any atom is 0.148 e. The van der Waals surface area contributed by atoms with Gasteiger partial charge in [0.05, 0.1) is 5.39 Å². The largest absolute Gasteiger partial charge is 0.386 e. The Bertz CT molecular complexity index is 1010. The van der Waals surface area contributed by atoms with Crippen molar-refractivity contribution in [2.75, 3.05) is 0 Å². The average Bonchev–Trinajstić information content (AvgIpc) is 2.94. The van der Waals surface area contributed by atoms with Crippen molar-refractivity contribution in [1.29, 1.82) is 0 Å². The molecule has 1 fully saturated rings. The monoisotopic (exact) mass is 596 g/mol. The SMILES string of the molecule is C=c1cc(C)c2cn([C@@H]3O[C@H]([CH2-])[C@H](C)C3(C)C)c3ncnc([nH]1)c23.[W].[Y]. The van der Waals surface area contributed by atoms with E-state index in [9.17, 15) is 0 Å². The molecule has 4 rings (SSSR count). The van der Waals surface area contributed by atoms with Crippen molar-refractivity contribution in [2.24, 2.45) is 11.3 Å². The predicted molar refractivity (Wildman–Crippen MR) is 95.9 cm³/mol. The van der Waals surface area contributed by atoms with Gasteiger partial charge in [-0.05, 0) is 24.5 Å². The summed E-state index contributed by atoms with van der Waals surface area (Å²) in [6.07, 6.45) is 3.58. The van der Waals surface area contributed by atoms with Crippen LogP contribution in [-0.4, -0.2) is 25.6 Å². The fourth-order valence-electron chi connectivity index (χ4n) is 3.77. The van der Waals surface area contributed by atoms with Gasteiger partial charge in [0, 0.05) is 76.1 Å². The molecule has 1 aliphatic rings. The Labute approximate surface area is 193 Å². The van der Waals surface area contributed by atoms with Crippen LogP contribution >= 0.6 is 0 Å². The minimum Gasteiger partial charge on any atom is -0.386 e. The molecule has 0 bridgehead atoms. The number of aromatic amines is 1. The molecule has 135 valence electrons. The van der Waals surface area contributed by atoms with Crippen LogP contribution in [0.4, 0.5) is 0 Å². The summed E-state index contributed by atoms with van der Waals surface area (Å²) in [5, 5.41) is 2.97. The fraction of sp³-hybridized carbons (Fsp3) is 0.421. The summed E-state index contributed by atoms with van der Waals surface area (Å²) in [5.41, 5.74) is 2.77. The molecule has 0 saturated carbocycles. The Hall–Kier alpha value is -0.348. The molecule has 4 heterocycles.